The molecule has 0 spiro atoms. The van der Waals surface area contributed by atoms with Gasteiger partial charge in [-0.05, 0) is 31.6 Å². The number of hydrogen-bond acceptors (Lipinski definition) is 0. The Balaban J connectivity index is 2.13. The van der Waals surface area contributed by atoms with E-state index in [4.69, 9.17) is 0 Å². The van der Waals surface area contributed by atoms with Gasteiger partial charge in [-0.1, -0.05) is 18.1 Å². The lowest BCUT2D eigenvalue weighted by Crippen LogP contribution is -1.69. The number of allylic oxidation sites excluding steroid dienone is 2. The van der Waals surface area contributed by atoms with Gasteiger partial charge in [0.05, 0.1) is 0 Å². The largest absolute Gasteiger partial charge is 0.0879 e. The molecule has 0 bridgehead atoms. The standard InChI is InChI=1S/C8H12/c1-2-6-7-4-3-5-8(6)7/h2,7-8H,3-5H2,1H3. The molecule has 0 amide bonds. The van der Waals surface area contributed by atoms with E-state index in [1.807, 2.05) is 0 Å². The first-order chi connectivity index (χ1) is 3.93. The first-order valence-corrected chi connectivity index (χ1v) is 3.59. The van der Waals surface area contributed by atoms with E-state index in [0.29, 0.717) is 0 Å². The molecule has 0 aromatic rings. The Bertz CT molecular complexity index is 121. The average molecular weight is 108 g/mol. The van der Waals surface area contributed by atoms with Crippen LogP contribution in [0.25, 0.3) is 0 Å². The predicted octanol–water partition coefficient (Wildman–Crippen LogP) is 2.36. The Morgan fingerprint density at radius 3 is 2.38 bits per heavy atom. The summed E-state index contributed by atoms with van der Waals surface area (Å²) >= 11 is 0. The fourth-order valence-electron chi connectivity index (χ4n) is 2.13. The third-order valence-corrected chi connectivity index (χ3v) is 2.60. The molecule has 0 N–H and O–H groups in total. The highest BCUT2D eigenvalue weighted by atomic mass is 14.5. The maximum absolute atomic E-state index is 2.31. The van der Waals surface area contributed by atoms with E-state index in [9.17, 15) is 0 Å². The van der Waals surface area contributed by atoms with Gasteiger partial charge in [-0.15, -0.1) is 0 Å². The van der Waals surface area contributed by atoms with Crippen LogP contribution >= 0.6 is 0 Å². The van der Waals surface area contributed by atoms with Crippen molar-refractivity contribution in [3.8, 4) is 0 Å². The van der Waals surface area contributed by atoms with Gasteiger partial charge in [0.25, 0.3) is 0 Å². The first-order valence-electron chi connectivity index (χ1n) is 3.59. The number of hydrogen-bond donors (Lipinski definition) is 0. The van der Waals surface area contributed by atoms with Crippen molar-refractivity contribution in [3.05, 3.63) is 11.6 Å². The summed E-state index contributed by atoms with van der Waals surface area (Å²) in [5.74, 6) is 2.11. The molecule has 44 valence electrons. The van der Waals surface area contributed by atoms with Gasteiger partial charge in [0.15, 0.2) is 0 Å². The summed E-state index contributed by atoms with van der Waals surface area (Å²) in [4.78, 5) is 0. The molecule has 0 saturated heterocycles. The second-order valence-electron chi connectivity index (χ2n) is 2.93. The molecule has 0 nitrogen and oxygen atoms in total. The normalized spacial score (nSPS) is 41.9. The third kappa shape index (κ3) is 0.410. The van der Waals surface area contributed by atoms with Crippen LogP contribution in [0.15, 0.2) is 11.6 Å². The van der Waals surface area contributed by atoms with Crippen LogP contribution in [0.4, 0.5) is 0 Å². The molecule has 2 aliphatic carbocycles. The fourth-order valence-corrected chi connectivity index (χ4v) is 2.13. The molecule has 2 aliphatic rings. The topological polar surface area (TPSA) is 0 Å². The maximum atomic E-state index is 2.31. The summed E-state index contributed by atoms with van der Waals surface area (Å²) in [7, 11) is 0. The van der Waals surface area contributed by atoms with E-state index >= 15 is 0 Å². The van der Waals surface area contributed by atoms with Crippen molar-refractivity contribution in [2.45, 2.75) is 26.2 Å². The van der Waals surface area contributed by atoms with Crippen molar-refractivity contribution >= 4 is 0 Å². The molecular weight excluding hydrogens is 96.1 g/mol. The molecule has 0 aromatic heterocycles. The van der Waals surface area contributed by atoms with Crippen molar-refractivity contribution in [3.63, 3.8) is 0 Å². The fraction of sp³-hybridized carbons (Fsp3) is 0.750. The molecule has 0 radical (unpaired) electrons. The lowest BCUT2D eigenvalue weighted by Gasteiger charge is -1.86. The van der Waals surface area contributed by atoms with Gasteiger partial charge in [0.2, 0.25) is 0 Å². The molecule has 2 atom stereocenters. The molecule has 2 fully saturated rings. The smallest absolute Gasteiger partial charge is 0.0135 e. The van der Waals surface area contributed by atoms with E-state index in [1.165, 1.54) is 19.3 Å². The summed E-state index contributed by atoms with van der Waals surface area (Å²) < 4.78 is 0. The van der Waals surface area contributed by atoms with Crippen LogP contribution in [-0.4, -0.2) is 0 Å². The summed E-state index contributed by atoms with van der Waals surface area (Å²) in [6.45, 7) is 2.17. The zero-order valence-electron chi connectivity index (χ0n) is 5.35. The van der Waals surface area contributed by atoms with Crippen molar-refractivity contribution in [2.24, 2.45) is 11.8 Å². The quantitative estimate of drug-likeness (QED) is 0.418. The molecule has 0 aromatic carbocycles. The molecule has 2 unspecified atom stereocenters. The minimum Gasteiger partial charge on any atom is -0.0879 e. The van der Waals surface area contributed by atoms with Gasteiger partial charge >= 0.3 is 0 Å². The van der Waals surface area contributed by atoms with E-state index in [1.54, 1.807) is 5.57 Å². The highest BCUT2D eigenvalue weighted by Crippen LogP contribution is 2.56. The zero-order chi connectivity index (χ0) is 5.56. The predicted molar refractivity (Wildman–Crippen MR) is 34.6 cm³/mol. The van der Waals surface area contributed by atoms with Crippen LogP contribution in [0.2, 0.25) is 0 Å². The van der Waals surface area contributed by atoms with Crippen LogP contribution in [0, 0.1) is 11.8 Å². The van der Waals surface area contributed by atoms with Crippen LogP contribution < -0.4 is 0 Å². The summed E-state index contributed by atoms with van der Waals surface area (Å²) in [6.07, 6.45) is 6.79. The summed E-state index contributed by atoms with van der Waals surface area (Å²) in [5, 5.41) is 0. The highest BCUT2D eigenvalue weighted by Gasteiger charge is 2.45. The summed E-state index contributed by atoms with van der Waals surface area (Å²) in [6, 6.07) is 0. The van der Waals surface area contributed by atoms with Gasteiger partial charge < -0.3 is 0 Å². The zero-order valence-corrected chi connectivity index (χ0v) is 5.35. The van der Waals surface area contributed by atoms with Crippen molar-refractivity contribution in [2.75, 3.05) is 0 Å². The molecule has 0 aliphatic heterocycles. The van der Waals surface area contributed by atoms with E-state index in [2.05, 4.69) is 13.0 Å². The van der Waals surface area contributed by atoms with Crippen molar-refractivity contribution in [1.82, 2.24) is 0 Å². The average Bonchev–Trinajstić information content (AvgIpc) is 2.22. The highest BCUT2D eigenvalue weighted by molar-refractivity contribution is 5.30. The second-order valence-corrected chi connectivity index (χ2v) is 2.93. The van der Waals surface area contributed by atoms with Crippen LogP contribution in [0.1, 0.15) is 26.2 Å². The van der Waals surface area contributed by atoms with E-state index < -0.39 is 0 Å². The minimum atomic E-state index is 1.06. The first kappa shape index (κ1) is 4.60. The van der Waals surface area contributed by atoms with E-state index in [0.717, 1.165) is 11.8 Å². The lowest BCUT2D eigenvalue weighted by molar-refractivity contribution is 0.792. The van der Waals surface area contributed by atoms with Crippen molar-refractivity contribution < 1.29 is 0 Å². The third-order valence-electron chi connectivity index (χ3n) is 2.60. The van der Waals surface area contributed by atoms with Gasteiger partial charge in [-0.3, -0.25) is 0 Å². The van der Waals surface area contributed by atoms with Gasteiger partial charge in [-0.25, -0.2) is 0 Å². The monoisotopic (exact) mass is 108 g/mol. The van der Waals surface area contributed by atoms with Gasteiger partial charge in [-0.2, -0.15) is 0 Å². The molecule has 2 rings (SSSR count). The Labute approximate surface area is 50.6 Å². The van der Waals surface area contributed by atoms with Crippen LogP contribution in [-0.2, 0) is 0 Å². The SMILES string of the molecule is CC=C1C2CCCC12. The van der Waals surface area contributed by atoms with Gasteiger partial charge in [0, 0.05) is 0 Å². The molecule has 0 heteroatoms. The van der Waals surface area contributed by atoms with E-state index in [-0.39, 0.29) is 0 Å². The van der Waals surface area contributed by atoms with Crippen LogP contribution in [0.3, 0.4) is 0 Å². The Morgan fingerprint density at radius 2 is 2.00 bits per heavy atom. The van der Waals surface area contributed by atoms with Gasteiger partial charge in [0.1, 0.15) is 0 Å². The summed E-state index contributed by atoms with van der Waals surface area (Å²) in [5.41, 5.74) is 1.76. The number of rotatable bonds is 0. The lowest BCUT2D eigenvalue weighted by atomic mass is 10.2. The molecule has 8 heavy (non-hydrogen) atoms. The Kier molecular flexibility index (Phi) is 0.787. The molecule has 0 heterocycles. The maximum Gasteiger partial charge on any atom is -0.0135 e. The minimum absolute atomic E-state index is 1.06. The Morgan fingerprint density at radius 1 is 1.38 bits per heavy atom. The number of fused-ring (bicyclic) bond motifs is 1. The van der Waals surface area contributed by atoms with Crippen LogP contribution in [0.5, 0.6) is 0 Å². The van der Waals surface area contributed by atoms with Crippen molar-refractivity contribution in [1.29, 1.82) is 0 Å². The molecule has 2 saturated carbocycles. The second kappa shape index (κ2) is 1.37. The molecular formula is C8H12. The Hall–Kier alpha value is -0.260.